The van der Waals surface area contributed by atoms with Crippen LogP contribution in [0.15, 0.2) is 47.6 Å². The number of aromatic nitrogens is 3. The van der Waals surface area contributed by atoms with Crippen molar-refractivity contribution in [2.24, 2.45) is 0 Å². The Morgan fingerprint density at radius 2 is 2.15 bits per heavy atom. The molecule has 0 unspecified atom stereocenters. The van der Waals surface area contributed by atoms with Gasteiger partial charge in [0.05, 0.1) is 29.5 Å². The second-order valence-corrected chi connectivity index (χ2v) is 6.62. The van der Waals surface area contributed by atoms with E-state index >= 15 is 0 Å². The van der Waals surface area contributed by atoms with Crippen LogP contribution in [0.3, 0.4) is 0 Å². The zero-order valence-corrected chi connectivity index (χ0v) is 14.8. The minimum Gasteiger partial charge on any atom is -0.465 e. The molecule has 1 aromatic carbocycles. The number of ether oxygens (including phenoxy) is 1. The summed E-state index contributed by atoms with van der Waals surface area (Å²) in [7, 11) is 1.33. The van der Waals surface area contributed by atoms with Crippen LogP contribution in [0.2, 0.25) is 0 Å². The molecule has 3 aromatic rings. The van der Waals surface area contributed by atoms with Gasteiger partial charge in [-0.15, -0.1) is 0 Å². The summed E-state index contributed by atoms with van der Waals surface area (Å²) in [6, 6.07) is 8.71. The van der Waals surface area contributed by atoms with Gasteiger partial charge < -0.3 is 4.74 Å². The lowest BCUT2D eigenvalue weighted by atomic mass is 10.1. The number of hydrogen-bond acceptors (Lipinski definition) is 7. The Morgan fingerprint density at radius 1 is 1.30 bits per heavy atom. The van der Waals surface area contributed by atoms with Crippen molar-refractivity contribution in [2.75, 3.05) is 7.11 Å². The Kier molecular flexibility index (Phi) is 4.21. The number of nitrogens with zero attached hydrogens (tertiary/aromatic N) is 3. The van der Waals surface area contributed by atoms with Gasteiger partial charge in [0.1, 0.15) is 0 Å². The van der Waals surface area contributed by atoms with Crippen LogP contribution >= 0.6 is 11.8 Å². The molecular weight excluding hydrogens is 368 g/mol. The van der Waals surface area contributed by atoms with Crippen LogP contribution in [0, 0.1) is 0 Å². The summed E-state index contributed by atoms with van der Waals surface area (Å²) in [6.07, 6.45) is 4.88. The molecule has 2 amide bonds. The van der Waals surface area contributed by atoms with Gasteiger partial charge in [0.2, 0.25) is 0 Å². The molecule has 0 aliphatic carbocycles. The van der Waals surface area contributed by atoms with Crippen molar-refractivity contribution >= 4 is 40.6 Å². The van der Waals surface area contributed by atoms with Crippen LogP contribution in [-0.2, 0) is 9.53 Å². The monoisotopic (exact) mass is 380 g/mol. The van der Waals surface area contributed by atoms with E-state index in [9.17, 15) is 14.4 Å². The molecule has 1 aliphatic heterocycles. The molecule has 4 rings (SSSR count). The summed E-state index contributed by atoms with van der Waals surface area (Å²) in [5.41, 5.74) is 2.92. The lowest BCUT2D eigenvalue weighted by Gasteiger charge is -2.05. The largest absolute Gasteiger partial charge is 0.465 e. The number of nitrogens with one attached hydrogen (secondary N) is 1. The summed E-state index contributed by atoms with van der Waals surface area (Å²) in [5, 5.41) is 6.01. The summed E-state index contributed by atoms with van der Waals surface area (Å²) in [6.45, 7) is 0. The number of fused-ring (bicyclic) bond motifs is 1. The third-order valence-electron chi connectivity index (χ3n) is 3.90. The minimum absolute atomic E-state index is 0.287. The number of benzene rings is 1. The SMILES string of the molecule is COC(=O)c1cccc(-c2ccn3ncc(/C=C4\SC(=O)NC4=O)c3n2)c1. The van der Waals surface area contributed by atoms with Crippen molar-refractivity contribution in [1.82, 2.24) is 19.9 Å². The van der Waals surface area contributed by atoms with E-state index in [-0.39, 0.29) is 4.91 Å². The first-order chi connectivity index (χ1) is 13.0. The fourth-order valence-corrected chi connectivity index (χ4v) is 3.31. The van der Waals surface area contributed by atoms with Crippen molar-refractivity contribution in [3.63, 3.8) is 0 Å². The molecule has 3 heterocycles. The maximum absolute atomic E-state index is 11.8. The van der Waals surface area contributed by atoms with Crippen LogP contribution in [0.25, 0.3) is 23.0 Å². The number of thioether (sulfide) groups is 1. The second kappa shape index (κ2) is 6.69. The van der Waals surface area contributed by atoms with Gasteiger partial charge in [-0.3, -0.25) is 14.9 Å². The van der Waals surface area contributed by atoms with Crippen LogP contribution in [-0.4, -0.2) is 38.8 Å². The van der Waals surface area contributed by atoms with Gasteiger partial charge in [-0.25, -0.2) is 14.3 Å². The Labute approximate surface area is 157 Å². The number of methoxy groups -OCH3 is 1. The molecular formula is C18H12N4O4S. The second-order valence-electron chi connectivity index (χ2n) is 5.61. The smallest absolute Gasteiger partial charge is 0.337 e. The molecule has 0 atom stereocenters. The molecule has 1 N–H and O–H groups in total. The standard InChI is InChI=1S/C18H12N4O4S/c1-26-17(24)11-4-2-3-10(7-11)13-5-6-22-15(20-13)12(9-19-22)8-14-16(23)21-18(25)27-14/h2-9H,1H3,(H,21,23,25)/b14-8-. The lowest BCUT2D eigenvalue weighted by Crippen LogP contribution is -2.17. The van der Waals surface area contributed by atoms with Gasteiger partial charge in [0, 0.05) is 17.3 Å². The van der Waals surface area contributed by atoms with E-state index in [1.165, 1.54) is 7.11 Å². The van der Waals surface area contributed by atoms with E-state index in [4.69, 9.17) is 4.74 Å². The van der Waals surface area contributed by atoms with Crippen molar-refractivity contribution in [1.29, 1.82) is 0 Å². The third kappa shape index (κ3) is 3.20. The lowest BCUT2D eigenvalue weighted by molar-refractivity contribution is -0.115. The molecule has 1 fully saturated rings. The number of amides is 2. The van der Waals surface area contributed by atoms with Crippen LogP contribution < -0.4 is 5.32 Å². The van der Waals surface area contributed by atoms with Crippen molar-refractivity contribution < 1.29 is 19.1 Å². The fourth-order valence-electron chi connectivity index (χ4n) is 2.63. The fraction of sp³-hybridized carbons (Fsp3) is 0.0556. The maximum atomic E-state index is 11.8. The van der Waals surface area contributed by atoms with Crippen molar-refractivity contribution in [2.45, 2.75) is 0 Å². The molecule has 134 valence electrons. The topological polar surface area (TPSA) is 103 Å². The molecule has 0 spiro atoms. The molecule has 0 radical (unpaired) electrons. The van der Waals surface area contributed by atoms with Crippen molar-refractivity contribution in [3.8, 4) is 11.3 Å². The van der Waals surface area contributed by atoms with Gasteiger partial charge in [-0.2, -0.15) is 5.10 Å². The average molecular weight is 380 g/mol. The average Bonchev–Trinajstić information content (AvgIpc) is 3.23. The normalized spacial score (nSPS) is 15.4. The van der Waals surface area contributed by atoms with E-state index in [1.807, 2.05) is 6.07 Å². The Balaban J connectivity index is 1.77. The number of rotatable bonds is 3. The molecule has 9 heteroatoms. The number of imide groups is 1. The first-order valence-electron chi connectivity index (χ1n) is 7.83. The van der Waals surface area contributed by atoms with Gasteiger partial charge >= 0.3 is 5.97 Å². The van der Waals surface area contributed by atoms with E-state index in [2.05, 4.69) is 15.4 Å². The van der Waals surface area contributed by atoms with Gasteiger partial charge in [0.15, 0.2) is 5.65 Å². The van der Waals surface area contributed by atoms with Crippen LogP contribution in [0.4, 0.5) is 4.79 Å². The summed E-state index contributed by atoms with van der Waals surface area (Å²) in [4.78, 5) is 39.7. The molecule has 1 aliphatic rings. The summed E-state index contributed by atoms with van der Waals surface area (Å²) >= 11 is 0.834. The summed E-state index contributed by atoms with van der Waals surface area (Å²) < 4.78 is 6.32. The number of carbonyl (C=O) groups is 3. The highest BCUT2D eigenvalue weighted by Crippen LogP contribution is 2.27. The van der Waals surface area contributed by atoms with Gasteiger partial charge in [-0.1, -0.05) is 12.1 Å². The van der Waals surface area contributed by atoms with E-state index < -0.39 is 17.1 Å². The minimum atomic E-state index is -0.439. The van der Waals surface area contributed by atoms with Gasteiger partial charge in [0.25, 0.3) is 11.1 Å². The third-order valence-corrected chi connectivity index (χ3v) is 4.72. The van der Waals surface area contributed by atoms with E-state index in [0.717, 1.165) is 17.3 Å². The van der Waals surface area contributed by atoms with Crippen LogP contribution in [0.5, 0.6) is 0 Å². The van der Waals surface area contributed by atoms with Gasteiger partial charge in [-0.05, 0) is 36.0 Å². The molecule has 27 heavy (non-hydrogen) atoms. The first-order valence-corrected chi connectivity index (χ1v) is 8.65. The zero-order chi connectivity index (χ0) is 19.0. The Bertz CT molecular complexity index is 1140. The molecule has 1 saturated heterocycles. The maximum Gasteiger partial charge on any atom is 0.337 e. The predicted molar refractivity (Wildman–Crippen MR) is 98.9 cm³/mol. The Hall–Kier alpha value is -3.46. The number of esters is 1. The molecule has 8 nitrogen and oxygen atoms in total. The van der Waals surface area contributed by atoms with E-state index in [0.29, 0.717) is 22.5 Å². The molecule has 0 saturated carbocycles. The quantitative estimate of drug-likeness (QED) is 0.550. The number of carbonyl (C=O) groups excluding carboxylic acids is 3. The Morgan fingerprint density at radius 3 is 2.89 bits per heavy atom. The van der Waals surface area contributed by atoms with E-state index in [1.54, 1.807) is 47.3 Å². The molecule has 0 bridgehead atoms. The first kappa shape index (κ1) is 17.0. The van der Waals surface area contributed by atoms with Crippen LogP contribution in [0.1, 0.15) is 15.9 Å². The highest BCUT2D eigenvalue weighted by Gasteiger charge is 2.25. The molecule has 2 aromatic heterocycles. The summed E-state index contributed by atoms with van der Waals surface area (Å²) in [5.74, 6) is -0.868. The highest BCUT2D eigenvalue weighted by atomic mass is 32.2. The highest BCUT2D eigenvalue weighted by molar-refractivity contribution is 8.18. The predicted octanol–water partition coefficient (Wildman–Crippen LogP) is 2.51. The number of hydrogen-bond donors (Lipinski definition) is 1. The van der Waals surface area contributed by atoms with Crippen molar-refractivity contribution in [3.05, 3.63) is 58.8 Å². The zero-order valence-electron chi connectivity index (χ0n) is 14.0.